The van der Waals surface area contributed by atoms with Crippen molar-refractivity contribution in [3.63, 3.8) is 0 Å². The number of hydrogen-bond donors (Lipinski definition) is 1. The van der Waals surface area contributed by atoms with Crippen molar-refractivity contribution in [3.05, 3.63) is 28.2 Å². The highest BCUT2D eigenvalue weighted by Gasteiger charge is 2.23. The molecule has 3 rings (SSSR count). The van der Waals surface area contributed by atoms with Gasteiger partial charge in [-0.3, -0.25) is 9.89 Å². The Labute approximate surface area is 144 Å². The first-order chi connectivity index (χ1) is 11.2. The van der Waals surface area contributed by atoms with Crippen LogP contribution in [0, 0.1) is 0 Å². The Balaban J connectivity index is 1.55. The molecular formula is C16H22N4OS2. The van der Waals surface area contributed by atoms with E-state index in [1.165, 1.54) is 29.5 Å². The number of amides is 1. The molecule has 0 aliphatic carbocycles. The number of carbonyl (C=O) groups excluding carboxylic acids is 1. The van der Waals surface area contributed by atoms with Gasteiger partial charge in [0.1, 0.15) is 5.82 Å². The third-order valence-electron chi connectivity index (χ3n) is 3.98. The largest absolute Gasteiger partial charge is 0.342 e. The van der Waals surface area contributed by atoms with E-state index in [1.54, 1.807) is 11.3 Å². The van der Waals surface area contributed by atoms with Crippen molar-refractivity contribution in [1.82, 2.24) is 20.1 Å². The van der Waals surface area contributed by atoms with Crippen LogP contribution in [0.4, 0.5) is 0 Å². The molecule has 124 valence electrons. The zero-order chi connectivity index (χ0) is 16.1. The number of hydrogen-bond acceptors (Lipinski definition) is 5. The second-order valence-corrected chi connectivity index (χ2v) is 8.16. The fourth-order valence-electron chi connectivity index (χ4n) is 2.74. The molecule has 0 saturated carbocycles. The Morgan fingerprint density at radius 2 is 2.17 bits per heavy atom. The Hall–Kier alpha value is -1.34. The van der Waals surface area contributed by atoms with Gasteiger partial charge in [0.25, 0.3) is 0 Å². The van der Waals surface area contributed by atoms with Gasteiger partial charge in [0.05, 0.1) is 5.25 Å². The van der Waals surface area contributed by atoms with Gasteiger partial charge in [-0.25, -0.2) is 4.98 Å². The number of aromatic nitrogens is 3. The van der Waals surface area contributed by atoms with E-state index in [-0.39, 0.29) is 11.2 Å². The zero-order valence-corrected chi connectivity index (χ0v) is 15.0. The van der Waals surface area contributed by atoms with Crippen molar-refractivity contribution in [2.75, 3.05) is 13.1 Å². The van der Waals surface area contributed by atoms with E-state index >= 15 is 0 Å². The Kier molecular flexibility index (Phi) is 5.72. The summed E-state index contributed by atoms with van der Waals surface area (Å²) in [5, 5.41) is 9.80. The van der Waals surface area contributed by atoms with Crippen molar-refractivity contribution in [1.29, 1.82) is 0 Å². The first-order valence-electron chi connectivity index (χ1n) is 8.11. The second kappa shape index (κ2) is 7.97. The number of thiophene rings is 1. The smallest absolute Gasteiger partial charge is 0.235 e. The van der Waals surface area contributed by atoms with E-state index in [2.05, 4.69) is 26.6 Å². The van der Waals surface area contributed by atoms with E-state index in [0.29, 0.717) is 5.16 Å². The first-order valence-corrected chi connectivity index (χ1v) is 9.87. The van der Waals surface area contributed by atoms with Crippen molar-refractivity contribution in [2.24, 2.45) is 0 Å². The SMILES string of the molecule is CC(Sc1n[nH]c(Cc2cccs2)n1)C(=O)N1CCCCCC1. The van der Waals surface area contributed by atoms with Gasteiger partial charge in [0.15, 0.2) is 0 Å². The lowest BCUT2D eigenvalue weighted by Gasteiger charge is -2.23. The van der Waals surface area contributed by atoms with Crippen LogP contribution >= 0.6 is 23.1 Å². The summed E-state index contributed by atoms with van der Waals surface area (Å²) in [6.45, 7) is 3.73. The predicted octanol–water partition coefficient (Wildman–Crippen LogP) is 3.34. The molecule has 5 nitrogen and oxygen atoms in total. The van der Waals surface area contributed by atoms with Gasteiger partial charge in [-0.05, 0) is 31.2 Å². The number of rotatable bonds is 5. The summed E-state index contributed by atoms with van der Waals surface area (Å²) in [6, 6.07) is 4.12. The maximum Gasteiger partial charge on any atom is 0.235 e. The molecule has 1 N–H and O–H groups in total. The van der Waals surface area contributed by atoms with Gasteiger partial charge in [-0.1, -0.05) is 30.7 Å². The zero-order valence-electron chi connectivity index (χ0n) is 13.3. The summed E-state index contributed by atoms with van der Waals surface area (Å²) in [4.78, 5) is 20.3. The lowest BCUT2D eigenvalue weighted by Crippen LogP contribution is -2.37. The number of H-pyrrole nitrogens is 1. The highest BCUT2D eigenvalue weighted by molar-refractivity contribution is 8.00. The van der Waals surface area contributed by atoms with Gasteiger partial charge >= 0.3 is 0 Å². The number of aromatic amines is 1. The topological polar surface area (TPSA) is 61.9 Å². The molecule has 2 aromatic heterocycles. The molecule has 0 spiro atoms. The molecule has 1 amide bonds. The van der Waals surface area contributed by atoms with E-state index < -0.39 is 0 Å². The van der Waals surface area contributed by atoms with E-state index in [9.17, 15) is 4.79 Å². The lowest BCUT2D eigenvalue weighted by molar-refractivity contribution is -0.130. The summed E-state index contributed by atoms with van der Waals surface area (Å²) in [5.41, 5.74) is 0. The highest BCUT2D eigenvalue weighted by Crippen LogP contribution is 2.23. The van der Waals surface area contributed by atoms with Crippen LogP contribution in [0.25, 0.3) is 0 Å². The molecule has 3 heterocycles. The quantitative estimate of drug-likeness (QED) is 0.840. The number of nitrogens with zero attached hydrogens (tertiary/aromatic N) is 3. The van der Waals surface area contributed by atoms with Crippen LogP contribution in [-0.4, -0.2) is 44.3 Å². The molecule has 1 aliphatic heterocycles. The molecule has 1 aliphatic rings. The summed E-state index contributed by atoms with van der Waals surface area (Å²) >= 11 is 3.16. The molecule has 0 aromatic carbocycles. The van der Waals surface area contributed by atoms with E-state index in [0.717, 1.165) is 38.2 Å². The number of thioether (sulfide) groups is 1. The lowest BCUT2D eigenvalue weighted by atomic mass is 10.2. The fourth-order valence-corrected chi connectivity index (χ4v) is 4.28. The molecule has 7 heteroatoms. The minimum Gasteiger partial charge on any atom is -0.342 e. The van der Waals surface area contributed by atoms with Crippen LogP contribution in [0.3, 0.4) is 0 Å². The van der Waals surface area contributed by atoms with Crippen LogP contribution in [-0.2, 0) is 11.2 Å². The number of carbonyl (C=O) groups is 1. The van der Waals surface area contributed by atoms with Crippen LogP contribution in [0.1, 0.15) is 43.3 Å². The molecular weight excluding hydrogens is 328 g/mol. The third-order valence-corrected chi connectivity index (χ3v) is 5.81. The van der Waals surface area contributed by atoms with Crippen LogP contribution in [0.15, 0.2) is 22.7 Å². The summed E-state index contributed by atoms with van der Waals surface area (Å²) < 4.78 is 0. The molecule has 1 saturated heterocycles. The highest BCUT2D eigenvalue weighted by atomic mass is 32.2. The Bertz CT molecular complexity index is 618. The summed E-state index contributed by atoms with van der Waals surface area (Å²) in [6.07, 6.45) is 5.47. The fraction of sp³-hybridized carbons (Fsp3) is 0.562. The standard InChI is InChI=1S/C16H22N4OS2/c1-12(15(21)20-8-4-2-3-5-9-20)23-16-17-14(18-19-16)11-13-7-6-10-22-13/h6-7,10,12H,2-5,8-9,11H2,1H3,(H,17,18,19). The maximum atomic E-state index is 12.6. The molecule has 1 fully saturated rings. The number of nitrogens with one attached hydrogen (secondary N) is 1. The normalized spacial score (nSPS) is 17.0. The minimum atomic E-state index is -0.140. The summed E-state index contributed by atoms with van der Waals surface area (Å²) in [7, 11) is 0. The van der Waals surface area contributed by atoms with Gasteiger partial charge in [-0.15, -0.1) is 16.4 Å². The Morgan fingerprint density at radius 1 is 1.39 bits per heavy atom. The van der Waals surface area contributed by atoms with Crippen LogP contribution in [0.2, 0.25) is 0 Å². The molecule has 1 atom stereocenters. The Morgan fingerprint density at radius 3 is 2.87 bits per heavy atom. The van der Waals surface area contributed by atoms with E-state index in [1.807, 2.05) is 17.9 Å². The van der Waals surface area contributed by atoms with E-state index in [4.69, 9.17) is 0 Å². The molecule has 23 heavy (non-hydrogen) atoms. The summed E-state index contributed by atoms with van der Waals surface area (Å²) in [5.74, 6) is 1.06. The van der Waals surface area contributed by atoms with Crippen LogP contribution in [0.5, 0.6) is 0 Å². The first kappa shape index (κ1) is 16.5. The minimum absolute atomic E-state index is 0.140. The van der Waals surface area contributed by atoms with Crippen molar-refractivity contribution in [3.8, 4) is 0 Å². The maximum absolute atomic E-state index is 12.6. The second-order valence-electron chi connectivity index (χ2n) is 5.82. The molecule has 0 radical (unpaired) electrons. The van der Waals surface area contributed by atoms with Crippen molar-refractivity contribution in [2.45, 2.75) is 49.4 Å². The molecule has 0 bridgehead atoms. The molecule has 2 aromatic rings. The van der Waals surface area contributed by atoms with Gasteiger partial charge in [-0.2, -0.15) is 0 Å². The van der Waals surface area contributed by atoms with Gasteiger partial charge in [0.2, 0.25) is 11.1 Å². The average molecular weight is 351 g/mol. The van der Waals surface area contributed by atoms with Gasteiger partial charge in [0, 0.05) is 24.4 Å². The predicted molar refractivity (Wildman–Crippen MR) is 93.9 cm³/mol. The van der Waals surface area contributed by atoms with Gasteiger partial charge < -0.3 is 4.90 Å². The van der Waals surface area contributed by atoms with Crippen LogP contribution < -0.4 is 0 Å². The monoisotopic (exact) mass is 350 g/mol. The average Bonchev–Trinajstić information content (AvgIpc) is 3.13. The van der Waals surface area contributed by atoms with Crippen molar-refractivity contribution >= 4 is 29.0 Å². The number of likely N-dealkylation sites (tertiary alicyclic amines) is 1. The van der Waals surface area contributed by atoms with Crippen molar-refractivity contribution < 1.29 is 4.79 Å². The molecule has 1 unspecified atom stereocenters. The third kappa shape index (κ3) is 4.57.